The molecule has 0 radical (unpaired) electrons. The van der Waals surface area contributed by atoms with Gasteiger partial charge in [-0.25, -0.2) is 0 Å². The van der Waals surface area contributed by atoms with Gasteiger partial charge in [-0.05, 0) is 32.0 Å². The van der Waals surface area contributed by atoms with Crippen LogP contribution in [0, 0.1) is 13.8 Å². The summed E-state index contributed by atoms with van der Waals surface area (Å²) >= 11 is 0. The lowest BCUT2D eigenvalue weighted by Crippen LogP contribution is -2.42. The smallest absolute Gasteiger partial charge is 0.269 e. The van der Waals surface area contributed by atoms with Crippen molar-refractivity contribution in [3.05, 3.63) is 46.8 Å². The highest BCUT2D eigenvalue weighted by Crippen LogP contribution is 2.13. The number of nitrogens with one attached hydrogen (secondary N) is 2. The molecule has 0 aliphatic carbocycles. The molecule has 1 aromatic heterocycles. The van der Waals surface area contributed by atoms with Crippen molar-refractivity contribution in [2.45, 2.75) is 20.3 Å². The second kappa shape index (κ2) is 7.16. The predicted octanol–water partition coefficient (Wildman–Crippen LogP) is 1.11. The fraction of sp³-hybridized carbons (Fsp3) is 0.353. The van der Waals surface area contributed by atoms with Crippen molar-refractivity contribution in [1.29, 1.82) is 0 Å². The molecule has 2 rings (SSSR count). The van der Waals surface area contributed by atoms with Gasteiger partial charge in [0.15, 0.2) is 0 Å². The zero-order valence-corrected chi connectivity index (χ0v) is 14.7. The third-order valence-corrected chi connectivity index (χ3v) is 3.94. The lowest BCUT2D eigenvalue weighted by Gasteiger charge is -2.13. The molecule has 0 fully saturated rings. The van der Waals surface area contributed by atoms with E-state index in [0.29, 0.717) is 5.56 Å². The molecule has 7 nitrogen and oxygen atoms in total. The van der Waals surface area contributed by atoms with E-state index in [1.54, 1.807) is 22.9 Å². The highest BCUT2D eigenvalue weighted by Gasteiger charge is 2.14. The van der Waals surface area contributed by atoms with Gasteiger partial charge in [0.2, 0.25) is 5.91 Å². The molecule has 128 valence electrons. The van der Waals surface area contributed by atoms with Crippen LogP contribution in [0.4, 0.5) is 5.69 Å². The van der Waals surface area contributed by atoms with Crippen LogP contribution in [-0.2, 0) is 18.3 Å². The summed E-state index contributed by atoms with van der Waals surface area (Å²) < 4.78 is 1.74. The van der Waals surface area contributed by atoms with Crippen LogP contribution >= 0.6 is 0 Å². The predicted molar refractivity (Wildman–Crippen MR) is 92.8 cm³/mol. The largest absolute Gasteiger partial charge is 0.378 e. The third kappa shape index (κ3) is 3.92. The minimum atomic E-state index is -0.355. The van der Waals surface area contributed by atoms with E-state index in [0.717, 1.165) is 22.6 Å². The van der Waals surface area contributed by atoms with Gasteiger partial charge in [-0.2, -0.15) is 5.10 Å². The first-order valence-corrected chi connectivity index (χ1v) is 7.65. The number of carbonyl (C=O) groups is 2. The maximum atomic E-state index is 12.2. The minimum absolute atomic E-state index is 0.170. The topological polar surface area (TPSA) is 79.3 Å². The van der Waals surface area contributed by atoms with E-state index < -0.39 is 0 Å². The van der Waals surface area contributed by atoms with Crippen molar-refractivity contribution < 1.29 is 9.59 Å². The molecule has 0 aliphatic rings. The summed E-state index contributed by atoms with van der Waals surface area (Å²) in [5, 5.41) is 4.28. The summed E-state index contributed by atoms with van der Waals surface area (Å²) in [6, 6.07) is 7.17. The van der Waals surface area contributed by atoms with E-state index in [1.165, 1.54) is 0 Å². The molecular formula is C17H23N5O2. The molecule has 0 spiro atoms. The van der Waals surface area contributed by atoms with Gasteiger partial charge < -0.3 is 4.90 Å². The number of carbonyl (C=O) groups excluding carboxylic acids is 2. The van der Waals surface area contributed by atoms with Gasteiger partial charge in [0, 0.05) is 43.7 Å². The molecule has 0 saturated heterocycles. The van der Waals surface area contributed by atoms with E-state index in [9.17, 15) is 9.59 Å². The van der Waals surface area contributed by atoms with Gasteiger partial charge in [0.05, 0.1) is 12.1 Å². The maximum Gasteiger partial charge on any atom is 0.269 e. The van der Waals surface area contributed by atoms with E-state index in [2.05, 4.69) is 16.0 Å². The lowest BCUT2D eigenvalue weighted by atomic mass is 10.1. The third-order valence-electron chi connectivity index (χ3n) is 3.94. The number of nitrogens with zero attached hydrogens (tertiary/aromatic N) is 3. The van der Waals surface area contributed by atoms with Gasteiger partial charge in [-0.15, -0.1) is 0 Å². The number of aryl methyl sites for hydroxylation is 2. The fourth-order valence-electron chi connectivity index (χ4n) is 2.40. The Morgan fingerprint density at radius 3 is 2.50 bits per heavy atom. The van der Waals surface area contributed by atoms with Crippen molar-refractivity contribution in [3.8, 4) is 0 Å². The second-order valence-electron chi connectivity index (χ2n) is 5.90. The first-order valence-electron chi connectivity index (χ1n) is 7.65. The number of benzene rings is 1. The molecule has 0 aliphatic heterocycles. The standard InChI is InChI=1S/C17H23N5O2/c1-11-15(12(2)22(5)20-11)10-16(23)18-19-17(24)13-7-6-8-14(9-13)21(3)4/h6-9H,10H2,1-5H3,(H,18,23)(H,19,24). The zero-order valence-electron chi connectivity index (χ0n) is 14.7. The Hall–Kier alpha value is -2.83. The number of hydrazine groups is 1. The van der Waals surface area contributed by atoms with Gasteiger partial charge in [0.1, 0.15) is 0 Å². The Morgan fingerprint density at radius 2 is 1.92 bits per heavy atom. The Balaban J connectivity index is 1.96. The van der Waals surface area contributed by atoms with Crippen LogP contribution in [0.25, 0.3) is 0 Å². The van der Waals surface area contributed by atoms with E-state index >= 15 is 0 Å². The van der Waals surface area contributed by atoms with Crippen molar-refractivity contribution in [3.63, 3.8) is 0 Å². The molecule has 0 unspecified atom stereocenters. The van der Waals surface area contributed by atoms with Crippen molar-refractivity contribution in [2.24, 2.45) is 7.05 Å². The normalized spacial score (nSPS) is 10.4. The van der Waals surface area contributed by atoms with Crippen molar-refractivity contribution >= 4 is 17.5 Å². The zero-order chi connectivity index (χ0) is 17.9. The average Bonchev–Trinajstić information content (AvgIpc) is 2.79. The molecule has 2 N–H and O–H groups in total. The Labute approximate surface area is 141 Å². The monoisotopic (exact) mass is 329 g/mol. The molecule has 2 amide bonds. The van der Waals surface area contributed by atoms with Crippen LogP contribution in [0.2, 0.25) is 0 Å². The molecule has 1 heterocycles. The van der Waals surface area contributed by atoms with Gasteiger partial charge in [0.25, 0.3) is 5.91 Å². The Morgan fingerprint density at radius 1 is 1.21 bits per heavy atom. The molecule has 24 heavy (non-hydrogen) atoms. The van der Waals surface area contributed by atoms with Crippen molar-refractivity contribution in [2.75, 3.05) is 19.0 Å². The Bertz CT molecular complexity index is 764. The highest BCUT2D eigenvalue weighted by molar-refractivity contribution is 5.96. The summed E-state index contributed by atoms with van der Waals surface area (Å²) in [6.45, 7) is 3.77. The van der Waals surface area contributed by atoms with Crippen LogP contribution < -0.4 is 15.8 Å². The quantitative estimate of drug-likeness (QED) is 0.824. The van der Waals surface area contributed by atoms with E-state index in [1.807, 2.05) is 46.0 Å². The van der Waals surface area contributed by atoms with Crippen LogP contribution in [0.5, 0.6) is 0 Å². The molecule has 0 bridgehead atoms. The van der Waals surface area contributed by atoms with Crippen molar-refractivity contribution in [1.82, 2.24) is 20.6 Å². The number of hydrogen-bond acceptors (Lipinski definition) is 4. The van der Waals surface area contributed by atoms with Gasteiger partial charge >= 0.3 is 0 Å². The fourth-order valence-corrected chi connectivity index (χ4v) is 2.40. The number of anilines is 1. The summed E-state index contributed by atoms with van der Waals surface area (Å²) in [7, 11) is 5.64. The van der Waals surface area contributed by atoms with Gasteiger partial charge in [-0.3, -0.25) is 25.1 Å². The molecular weight excluding hydrogens is 306 g/mol. The second-order valence-corrected chi connectivity index (χ2v) is 5.90. The lowest BCUT2D eigenvalue weighted by molar-refractivity contribution is -0.121. The molecule has 0 atom stereocenters. The van der Waals surface area contributed by atoms with Crippen LogP contribution in [0.15, 0.2) is 24.3 Å². The van der Waals surface area contributed by atoms with Crippen LogP contribution in [-0.4, -0.2) is 35.7 Å². The number of hydrogen-bond donors (Lipinski definition) is 2. The minimum Gasteiger partial charge on any atom is -0.378 e. The summed E-state index contributed by atoms with van der Waals surface area (Å²) in [5.74, 6) is -0.641. The average molecular weight is 329 g/mol. The SMILES string of the molecule is Cc1nn(C)c(C)c1CC(=O)NNC(=O)c1cccc(N(C)C)c1. The van der Waals surface area contributed by atoms with Gasteiger partial charge in [-0.1, -0.05) is 6.07 Å². The van der Waals surface area contributed by atoms with Crippen LogP contribution in [0.1, 0.15) is 27.3 Å². The summed E-state index contributed by atoms with van der Waals surface area (Å²) in [4.78, 5) is 26.1. The molecule has 0 saturated carbocycles. The first-order chi connectivity index (χ1) is 11.3. The number of amides is 2. The molecule has 7 heteroatoms. The summed E-state index contributed by atoms with van der Waals surface area (Å²) in [6.07, 6.45) is 0.170. The first kappa shape index (κ1) is 17.5. The molecule has 2 aromatic rings. The van der Waals surface area contributed by atoms with E-state index in [4.69, 9.17) is 0 Å². The molecule has 1 aromatic carbocycles. The number of rotatable bonds is 4. The summed E-state index contributed by atoms with van der Waals surface area (Å²) in [5.41, 5.74) is 8.92. The van der Waals surface area contributed by atoms with E-state index in [-0.39, 0.29) is 18.2 Å². The maximum absolute atomic E-state index is 12.2. The van der Waals surface area contributed by atoms with Crippen LogP contribution in [0.3, 0.4) is 0 Å². The Kier molecular flexibility index (Phi) is 5.23. The highest BCUT2D eigenvalue weighted by atomic mass is 16.2. The number of aromatic nitrogens is 2.